The number of fused-ring (bicyclic) bond motifs is 1. The van der Waals surface area contributed by atoms with E-state index >= 15 is 0 Å². The predicted molar refractivity (Wildman–Crippen MR) is 71.7 cm³/mol. The fourth-order valence-electron chi connectivity index (χ4n) is 1.48. The highest BCUT2D eigenvalue weighted by Gasteiger charge is 2.14. The van der Waals surface area contributed by atoms with Gasteiger partial charge in [0.05, 0.1) is 0 Å². The van der Waals surface area contributed by atoms with E-state index in [1.807, 2.05) is 30.3 Å². The van der Waals surface area contributed by atoms with Gasteiger partial charge in [0.2, 0.25) is 4.96 Å². The number of nitrogens with zero attached hydrogens (tertiary/aromatic N) is 3. The Labute approximate surface area is 112 Å². The highest BCUT2D eigenvalue weighted by molar-refractivity contribution is 9.11. The highest BCUT2D eigenvalue weighted by Crippen LogP contribution is 2.31. The van der Waals surface area contributed by atoms with Crippen LogP contribution in [0.3, 0.4) is 0 Å². The molecule has 0 aliphatic rings. The Bertz CT molecular complexity index is 645. The molecular formula is C10H5Br2N3S. The van der Waals surface area contributed by atoms with Crippen LogP contribution in [0.1, 0.15) is 0 Å². The predicted octanol–water partition coefficient (Wildman–Crippen LogP) is 3.98. The van der Waals surface area contributed by atoms with Crippen molar-refractivity contribution in [2.24, 2.45) is 0 Å². The average Bonchev–Trinajstić information content (AvgIpc) is 2.79. The van der Waals surface area contributed by atoms with Crippen LogP contribution in [0.4, 0.5) is 0 Å². The Hall–Kier alpha value is -0.720. The van der Waals surface area contributed by atoms with Gasteiger partial charge in [-0.1, -0.05) is 41.7 Å². The molecule has 0 atom stereocenters. The van der Waals surface area contributed by atoms with Crippen LogP contribution in [0.5, 0.6) is 0 Å². The molecule has 0 unspecified atom stereocenters. The van der Waals surface area contributed by atoms with Crippen molar-refractivity contribution < 1.29 is 0 Å². The van der Waals surface area contributed by atoms with Gasteiger partial charge in [0, 0.05) is 5.56 Å². The summed E-state index contributed by atoms with van der Waals surface area (Å²) in [5.74, 6) is 0. The number of halogens is 2. The molecule has 2 heterocycles. The van der Waals surface area contributed by atoms with Gasteiger partial charge in [-0.2, -0.15) is 4.52 Å². The van der Waals surface area contributed by atoms with E-state index < -0.39 is 0 Å². The molecule has 0 spiro atoms. The van der Waals surface area contributed by atoms with Gasteiger partial charge in [-0.05, 0) is 31.9 Å². The smallest absolute Gasteiger partial charge is 0.214 e. The van der Waals surface area contributed by atoms with Gasteiger partial charge in [-0.25, -0.2) is 4.98 Å². The summed E-state index contributed by atoms with van der Waals surface area (Å²) in [5.41, 5.74) is 2.01. The van der Waals surface area contributed by atoms with Crippen molar-refractivity contribution in [1.82, 2.24) is 14.6 Å². The van der Waals surface area contributed by atoms with Gasteiger partial charge in [0.1, 0.15) is 10.3 Å². The lowest BCUT2D eigenvalue weighted by Crippen LogP contribution is -1.83. The Morgan fingerprint density at radius 3 is 2.56 bits per heavy atom. The van der Waals surface area contributed by atoms with Crippen LogP contribution in [0.25, 0.3) is 16.2 Å². The molecule has 16 heavy (non-hydrogen) atoms. The highest BCUT2D eigenvalue weighted by atomic mass is 79.9. The molecule has 0 saturated carbocycles. The average molecular weight is 359 g/mol. The van der Waals surface area contributed by atoms with Crippen LogP contribution in [-0.4, -0.2) is 14.6 Å². The number of aromatic nitrogens is 3. The molecule has 0 bridgehead atoms. The third-order valence-electron chi connectivity index (χ3n) is 2.17. The number of imidazole rings is 1. The number of benzene rings is 1. The lowest BCUT2D eigenvalue weighted by molar-refractivity contribution is 0.938. The number of rotatable bonds is 1. The van der Waals surface area contributed by atoms with E-state index in [1.54, 1.807) is 4.52 Å². The van der Waals surface area contributed by atoms with E-state index in [-0.39, 0.29) is 0 Å². The van der Waals surface area contributed by atoms with Crippen molar-refractivity contribution in [3.8, 4) is 11.3 Å². The fourth-order valence-corrected chi connectivity index (χ4v) is 3.38. The van der Waals surface area contributed by atoms with Gasteiger partial charge in [-0.3, -0.25) is 0 Å². The minimum absolute atomic E-state index is 0.829. The zero-order chi connectivity index (χ0) is 11.1. The summed E-state index contributed by atoms with van der Waals surface area (Å²) in [6.07, 6.45) is 0. The summed E-state index contributed by atoms with van der Waals surface area (Å²) < 4.78 is 3.50. The van der Waals surface area contributed by atoms with E-state index in [1.165, 1.54) is 11.3 Å². The number of hydrogen-bond acceptors (Lipinski definition) is 3. The second-order valence-electron chi connectivity index (χ2n) is 3.17. The summed E-state index contributed by atoms with van der Waals surface area (Å²) in [6.45, 7) is 0. The lowest BCUT2D eigenvalue weighted by atomic mass is 10.2. The van der Waals surface area contributed by atoms with Crippen LogP contribution < -0.4 is 0 Å². The van der Waals surface area contributed by atoms with Gasteiger partial charge in [0.15, 0.2) is 3.92 Å². The van der Waals surface area contributed by atoms with Crippen molar-refractivity contribution in [3.05, 3.63) is 38.9 Å². The molecule has 3 rings (SSSR count). The van der Waals surface area contributed by atoms with Gasteiger partial charge in [0.25, 0.3) is 0 Å². The molecule has 0 saturated heterocycles. The first-order chi connectivity index (χ1) is 7.75. The van der Waals surface area contributed by atoms with Crippen molar-refractivity contribution in [2.75, 3.05) is 0 Å². The van der Waals surface area contributed by atoms with E-state index in [2.05, 4.69) is 41.9 Å². The zero-order valence-electron chi connectivity index (χ0n) is 7.89. The molecule has 80 valence electrons. The SMILES string of the molecule is Brc1nn2c(Br)c(-c3ccccc3)nc2s1. The minimum Gasteiger partial charge on any atom is -0.216 e. The van der Waals surface area contributed by atoms with Crippen LogP contribution in [0, 0.1) is 0 Å². The molecule has 2 aromatic heterocycles. The zero-order valence-corrected chi connectivity index (χ0v) is 11.9. The lowest BCUT2D eigenvalue weighted by Gasteiger charge is -1.95. The molecule has 0 aliphatic heterocycles. The minimum atomic E-state index is 0.829. The fraction of sp³-hybridized carbons (Fsp3) is 0. The maximum Gasteiger partial charge on any atom is 0.214 e. The van der Waals surface area contributed by atoms with Gasteiger partial charge in [-0.15, -0.1) is 5.10 Å². The molecule has 0 amide bonds. The van der Waals surface area contributed by atoms with Crippen molar-refractivity contribution >= 4 is 48.2 Å². The first-order valence-electron chi connectivity index (χ1n) is 4.51. The summed E-state index contributed by atoms with van der Waals surface area (Å²) in [4.78, 5) is 5.42. The normalized spacial score (nSPS) is 11.1. The number of hydrogen-bond donors (Lipinski definition) is 0. The summed E-state index contributed by atoms with van der Waals surface area (Å²) >= 11 is 8.38. The first kappa shape index (κ1) is 10.4. The molecule has 1 aromatic carbocycles. The van der Waals surface area contributed by atoms with Crippen LogP contribution in [0.2, 0.25) is 0 Å². The largest absolute Gasteiger partial charge is 0.216 e. The van der Waals surface area contributed by atoms with Crippen molar-refractivity contribution in [2.45, 2.75) is 0 Å². The quantitative estimate of drug-likeness (QED) is 0.658. The summed E-state index contributed by atoms with van der Waals surface area (Å²) in [7, 11) is 0. The van der Waals surface area contributed by atoms with E-state index in [9.17, 15) is 0 Å². The molecule has 0 fully saturated rings. The maximum atomic E-state index is 4.55. The Morgan fingerprint density at radius 2 is 1.88 bits per heavy atom. The molecule has 0 radical (unpaired) electrons. The Morgan fingerprint density at radius 1 is 1.12 bits per heavy atom. The van der Waals surface area contributed by atoms with Crippen LogP contribution >= 0.6 is 43.2 Å². The van der Waals surface area contributed by atoms with Crippen molar-refractivity contribution in [1.29, 1.82) is 0 Å². The van der Waals surface area contributed by atoms with Crippen LogP contribution in [-0.2, 0) is 0 Å². The molecular weight excluding hydrogens is 354 g/mol. The second kappa shape index (κ2) is 3.94. The Kier molecular flexibility index (Phi) is 2.57. The van der Waals surface area contributed by atoms with E-state index in [4.69, 9.17) is 0 Å². The monoisotopic (exact) mass is 357 g/mol. The van der Waals surface area contributed by atoms with Crippen molar-refractivity contribution in [3.63, 3.8) is 0 Å². The standard InChI is InChI=1S/C10H5Br2N3S/c11-8-7(6-4-2-1-3-5-6)13-10-15(8)14-9(12)16-10/h1-5H. The first-order valence-corrected chi connectivity index (χ1v) is 6.92. The molecule has 0 N–H and O–H groups in total. The molecule has 3 nitrogen and oxygen atoms in total. The Balaban J connectivity index is 2.25. The molecule has 3 aromatic rings. The maximum absolute atomic E-state index is 4.55. The van der Waals surface area contributed by atoms with Gasteiger partial charge >= 0.3 is 0 Å². The molecule has 0 aliphatic carbocycles. The summed E-state index contributed by atoms with van der Waals surface area (Å²) in [5, 5.41) is 4.30. The topological polar surface area (TPSA) is 30.2 Å². The van der Waals surface area contributed by atoms with Gasteiger partial charge < -0.3 is 0 Å². The van der Waals surface area contributed by atoms with Crippen LogP contribution in [0.15, 0.2) is 38.9 Å². The molecule has 6 heteroatoms. The van der Waals surface area contributed by atoms with E-state index in [0.29, 0.717) is 0 Å². The second-order valence-corrected chi connectivity index (χ2v) is 6.15. The third-order valence-corrected chi connectivity index (χ3v) is 4.22. The third kappa shape index (κ3) is 1.61. The summed E-state index contributed by atoms with van der Waals surface area (Å²) in [6, 6.07) is 10.1. The van der Waals surface area contributed by atoms with E-state index in [0.717, 1.165) is 24.7 Å².